The molecular formula is C16H20N2O6. The van der Waals surface area contributed by atoms with E-state index in [1.54, 1.807) is 12.1 Å². The molecule has 0 unspecified atom stereocenters. The summed E-state index contributed by atoms with van der Waals surface area (Å²) in [5, 5.41) is 11.6. The van der Waals surface area contributed by atoms with Crippen LogP contribution in [0.15, 0.2) is 30.3 Å². The maximum Gasteiger partial charge on any atom is 0.408 e. The minimum absolute atomic E-state index is 0.0626. The zero-order chi connectivity index (χ0) is 17.5. The van der Waals surface area contributed by atoms with Crippen molar-refractivity contribution in [2.45, 2.75) is 12.6 Å². The zero-order valence-electron chi connectivity index (χ0n) is 13.3. The molecule has 0 spiro atoms. The number of aliphatic hydroxyl groups is 1. The summed E-state index contributed by atoms with van der Waals surface area (Å²) in [6.07, 6.45) is -0.795. The Labute approximate surface area is 139 Å². The van der Waals surface area contributed by atoms with Crippen LogP contribution in [0.4, 0.5) is 4.79 Å². The number of hydrogen-bond acceptors (Lipinski definition) is 6. The summed E-state index contributed by atoms with van der Waals surface area (Å²) in [5.41, 5.74) is 0.809. The SMILES string of the molecule is COC(=O)C1CN(C(=O)[C@H](CO)NC(=O)OCc2ccccc2)C1. The van der Waals surface area contributed by atoms with E-state index in [1.807, 2.05) is 18.2 Å². The third-order valence-electron chi connectivity index (χ3n) is 3.71. The molecule has 0 radical (unpaired) electrons. The van der Waals surface area contributed by atoms with Crippen molar-refractivity contribution in [1.29, 1.82) is 0 Å². The zero-order valence-corrected chi connectivity index (χ0v) is 13.3. The molecule has 1 fully saturated rings. The van der Waals surface area contributed by atoms with Gasteiger partial charge in [0.25, 0.3) is 0 Å². The molecule has 0 bridgehead atoms. The molecule has 130 valence electrons. The van der Waals surface area contributed by atoms with Crippen molar-refractivity contribution in [1.82, 2.24) is 10.2 Å². The molecule has 1 aromatic rings. The number of methoxy groups -OCH3 is 1. The number of alkyl carbamates (subject to hydrolysis) is 1. The lowest BCUT2D eigenvalue weighted by Gasteiger charge is -2.39. The molecule has 2 amide bonds. The second-order valence-electron chi connectivity index (χ2n) is 5.40. The van der Waals surface area contributed by atoms with Gasteiger partial charge < -0.3 is 24.8 Å². The Morgan fingerprint density at radius 2 is 1.96 bits per heavy atom. The van der Waals surface area contributed by atoms with Gasteiger partial charge in [-0.05, 0) is 5.56 Å². The number of aliphatic hydroxyl groups excluding tert-OH is 1. The number of rotatable bonds is 6. The van der Waals surface area contributed by atoms with Crippen molar-refractivity contribution in [3.63, 3.8) is 0 Å². The summed E-state index contributed by atoms with van der Waals surface area (Å²) in [4.78, 5) is 36.6. The van der Waals surface area contributed by atoms with Crippen LogP contribution < -0.4 is 5.32 Å². The fourth-order valence-electron chi connectivity index (χ4n) is 2.29. The second kappa shape index (κ2) is 8.30. The van der Waals surface area contributed by atoms with Gasteiger partial charge in [0.05, 0.1) is 19.6 Å². The number of benzene rings is 1. The van der Waals surface area contributed by atoms with Crippen LogP contribution in [0.3, 0.4) is 0 Å². The minimum Gasteiger partial charge on any atom is -0.469 e. The van der Waals surface area contributed by atoms with Crippen LogP contribution in [0.25, 0.3) is 0 Å². The summed E-state index contributed by atoms with van der Waals surface area (Å²) in [7, 11) is 1.29. The Morgan fingerprint density at radius 1 is 1.29 bits per heavy atom. The average molecular weight is 336 g/mol. The molecule has 1 saturated heterocycles. The van der Waals surface area contributed by atoms with Gasteiger partial charge in [-0.25, -0.2) is 4.79 Å². The number of hydrogen-bond donors (Lipinski definition) is 2. The monoisotopic (exact) mass is 336 g/mol. The normalized spacial score (nSPS) is 15.2. The lowest BCUT2D eigenvalue weighted by atomic mass is 9.99. The summed E-state index contributed by atoms with van der Waals surface area (Å²) in [6.45, 7) is -0.0721. The first-order chi connectivity index (χ1) is 11.5. The highest BCUT2D eigenvalue weighted by atomic mass is 16.5. The third-order valence-corrected chi connectivity index (χ3v) is 3.71. The Kier molecular flexibility index (Phi) is 6.14. The topological polar surface area (TPSA) is 105 Å². The van der Waals surface area contributed by atoms with Gasteiger partial charge in [-0.1, -0.05) is 30.3 Å². The lowest BCUT2D eigenvalue weighted by molar-refractivity contribution is -0.156. The maximum atomic E-state index is 12.2. The lowest BCUT2D eigenvalue weighted by Crippen LogP contribution is -2.59. The molecule has 1 atom stereocenters. The number of likely N-dealkylation sites (tertiary alicyclic amines) is 1. The summed E-state index contributed by atoms with van der Waals surface area (Å²) >= 11 is 0. The van der Waals surface area contributed by atoms with Gasteiger partial charge in [0.15, 0.2) is 0 Å². The van der Waals surface area contributed by atoms with Crippen molar-refractivity contribution in [2.24, 2.45) is 5.92 Å². The summed E-state index contributed by atoms with van der Waals surface area (Å²) in [5.74, 6) is -1.20. The van der Waals surface area contributed by atoms with Crippen LogP contribution in [0.1, 0.15) is 5.56 Å². The molecule has 1 heterocycles. The molecule has 2 rings (SSSR count). The molecule has 1 aromatic carbocycles. The number of ether oxygens (including phenoxy) is 2. The molecule has 0 aliphatic carbocycles. The first-order valence-corrected chi connectivity index (χ1v) is 7.49. The van der Waals surface area contributed by atoms with E-state index in [9.17, 15) is 19.5 Å². The summed E-state index contributed by atoms with van der Waals surface area (Å²) in [6, 6.07) is 7.98. The highest BCUT2D eigenvalue weighted by Gasteiger charge is 2.39. The largest absolute Gasteiger partial charge is 0.469 e. The van der Waals surface area contributed by atoms with Gasteiger partial charge in [0.1, 0.15) is 12.6 Å². The molecule has 1 aliphatic heterocycles. The fourth-order valence-corrected chi connectivity index (χ4v) is 2.29. The van der Waals surface area contributed by atoms with E-state index in [0.29, 0.717) is 0 Å². The molecule has 0 aromatic heterocycles. The molecule has 1 aliphatic rings. The second-order valence-corrected chi connectivity index (χ2v) is 5.40. The smallest absolute Gasteiger partial charge is 0.408 e. The molecule has 8 heteroatoms. The quantitative estimate of drug-likeness (QED) is 0.703. The Hall–Kier alpha value is -2.61. The average Bonchev–Trinajstić information content (AvgIpc) is 2.57. The predicted octanol–water partition coefficient (Wildman–Crippen LogP) is -0.0949. The van der Waals surface area contributed by atoms with E-state index in [2.05, 4.69) is 10.1 Å². The van der Waals surface area contributed by atoms with Gasteiger partial charge in [-0.2, -0.15) is 0 Å². The van der Waals surface area contributed by atoms with Gasteiger partial charge in [-0.15, -0.1) is 0 Å². The number of esters is 1. The molecule has 2 N–H and O–H groups in total. The number of nitrogens with one attached hydrogen (secondary N) is 1. The third kappa shape index (κ3) is 4.45. The van der Waals surface area contributed by atoms with Crippen molar-refractivity contribution in [3.05, 3.63) is 35.9 Å². The number of carbonyl (C=O) groups is 3. The molecule has 8 nitrogen and oxygen atoms in total. The summed E-state index contributed by atoms with van der Waals surface area (Å²) < 4.78 is 9.60. The van der Waals surface area contributed by atoms with Crippen molar-refractivity contribution in [3.8, 4) is 0 Å². The van der Waals surface area contributed by atoms with Crippen LogP contribution in [-0.4, -0.2) is 60.8 Å². The number of nitrogens with zero attached hydrogens (tertiary/aromatic N) is 1. The first-order valence-electron chi connectivity index (χ1n) is 7.49. The van der Waals surface area contributed by atoms with E-state index in [4.69, 9.17) is 4.74 Å². The van der Waals surface area contributed by atoms with E-state index in [-0.39, 0.29) is 31.6 Å². The maximum absolute atomic E-state index is 12.2. The van der Waals surface area contributed by atoms with E-state index in [0.717, 1.165) is 5.56 Å². The predicted molar refractivity (Wildman–Crippen MR) is 82.7 cm³/mol. The minimum atomic E-state index is -1.10. The Balaban J connectivity index is 1.78. The van der Waals surface area contributed by atoms with Gasteiger partial charge in [0.2, 0.25) is 5.91 Å². The van der Waals surface area contributed by atoms with Crippen molar-refractivity contribution in [2.75, 3.05) is 26.8 Å². The van der Waals surface area contributed by atoms with Crippen molar-refractivity contribution >= 4 is 18.0 Å². The first kappa shape index (κ1) is 17.7. The number of carbonyl (C=O) groups excluding carboxylic acids is 3. The standard InChI is InChI=1S/C16H20N2O6/c1-23-15(21)12-7-18(8-12)14(20)13(9-19)17-16(22)24-10-11-5-3-2-4-6-11/h2-6,12-13,19H,7-10H2,1H3,(H,17,22)/t13-/m0/s1. The van der Waals surface area contributed by atoms with Crippen molar-refractivity contribution < 1.29 is 29.0 Å². The Morgan fingerprint density at radius 3 is 2.54 bits per heavy atom. The molecule has 24 heavy (non-hydrogen) atoms. The van der Waals surface area contributed by atoms with E-state index >= 15 is 0 Å². The van der Waals surface area contributed by atoms with Crippen LogP contribution in [0.2, 0.25) is 0 Å². The fraction of sp³-hybridized carbons (Fsp3) is 0.438. The van der Waals surface area contributed by atoms with Crippen LogP contribution >= 0.6 is 0 Å². The van der Waals surface area contributed by atoms with Gasteiger partial charge >= 0.3 is 12.1 Å². The Bertz CT molecular complexity index is 585. The molecular weight excluding hydrogens is 316 g/mol. The van der Waals surface area contributed by atoms with Crippen LogP contribution in [-0.2, 0) is 25.7 Å². The van der Waals surface area contributed by atoms with E-state index in [1.165, 1.54) is 12.0 Å². The highest BCUT2D eigenvalue weighted by molar-refractivity contribution is 5.88. The van der Waals surface area contributed by atoms with Crippen LogP contribution in [0, 0.1) is 5.92 Å². The highest BCUT2D eigenvalue weighted by Crippen LogP contribution is 2.17. The van der Waals surface area contributed by atoms with Gasteiger partial charge in [-0.3, -0.25) is 9.59 Å². The number of amides is 2. The molecule has 0 saturated carbocycles. The van der Waals surface area contributed by atoms with Gasteiger partial charge in [0, 0.05) is 13.1 Å². The van der Waals surface area contributed by atoms with E-state index < -0.39 is 24.6 Å². The van der Waals surface area contributed by atoms with Crippen LogP contribution in [0.5, 0.6) is 0 Å².